The van der Waals surface area contributed by atoms with Gasteiger partial charge in [-0.25, -0.2) is 17.6 Å². The maximum absolute atomic E-state index is 13.0. The van der Waals surface area contributed by atoms with E-state index < -0.39 is 31.1 Å². The first-order valence-electron chi connectivity index (χ1n) is 4.55. The zero-order chi connectivity index (χ0) is 12.1. The van der Waals surface area contributed by atoms with Crippen molar-refractivity contribution in [3.05, 3.63) is 0 Å². The second-order valence-electron chi connectivity index (χ2n) is 3.34. The number of hydrogen-bond acceptors (Lipinski definition) is 2. The topological polar surface area (TPSA) is 17.1 Å². The molecule has 0 saturated carbocycles. The van der Waals surface area contributed by atoms with Crippen LogP contribution in [0.5, 0.6) is 0 Å². The van der Waals surface area contributed by atoms with Crippen molar-refractivity contribution < 1.29 is 22.4 Å². The molecule has 0 aromatic carbocycles. The first kappa shape index (κ1) is 14.7. The largest absolute Gasteiger partial charge is 0.288 e. The molecule has 0 radical (unpaired) electrons. The van der Waals surface area contributed by atoms with E-state index in [0.29, 0.717) is 0 Å². The molecule has 0 heterocycles. The highest BCUT2D eigenvalue weighted by molar-refractivity contribution is 8.13. The van der Waals surface area contributed by atoms with Crippen LogP contribution in [0.2, 0.25) is 0 Å². The molecule has 0 aliphatic heterocycles. The molecule has 0 fully saturated rings. The third kappa shape index (κ3) is 6.76. The maximum atomic E-state index is 13.0. The molecule has 0 bridgehead atoms. The lowest BCUT2D eigenvalue weighted by Gasteiger charge is -2.20. The summed E-state index contributed by atoms with van der Waals surface area (Å²) in [5.41, 5.74) is 0. The molecule has 0 aromatic rings. The SMILES string of the molecule is CC(=O)SCCC(F)C(F)(F)CC(C)F. The summed E-state index contributed by atoms with van der Waals surface area (Å²) in [7, 11) is 0. The summed E-state index contributed by atoms with van der Waals surface area (Å²) in [6.45, 7) is 2.24. The van der Waals surface area contributed by atoms with Crippen molar-refractivity contribution >= 4 is 16.9 Å². The highest BCUT2D eigenvalue weighted by Crippen LogP contribution is 2.30. The van der Waals surface area contributed by atoms with Gasteiger partial charge in [0.1, 0.15) is 6.17 Å². The number of rotatable bonds is 6. The molecule has 2 unspecified atom stereocenters. The van der Waals surface area contributed by atoms with Crippen molar-refractivity contribution in [2.45, 2.75) is 45.0 Å². The van der Waals surface area contributed by atoms with Crippen molar-refractivity contribution in [2.75, 3.05) is 5.75 Å². The fourth-order valence-electron chi connectivity index (χ4n) is 1.02. The lowest BCUT2D eigenvalue weighted by Crippen LogP contribution is -2.33. The molecule has 1 nitrogen and oxygen atoms in total. The average Bonchev–Trinajstić information content (AvgIpc) is 2.00. The minimum absolute atomic E-state index is 0.00719. The van der Waals surface area contributed by atoms with Crippen LogP contribution in [0.15, 0.2) is 0 Å². The minimum atomic E-state index is -3.65. The summed E-state index contributed by atoms with van der Waals surface area (Å²) in [5, 5.41) is -0.246. The summed E-state index contributed by atoms with van der Waals surface area (Å²) in [5.74, 6) is -3.65. The third-order valence-electron chi connectivity index (χ3n) is 1.69. The molecule has 90 valence electrons. The maximum Gasteiger partial charge on any atom is 0.281 e. The van der Waals surface area contributed by atoms with Crippen LogP contribution < -0.4 is 0 Å². The molecule has 0 amide bonds. The highest BCUT2D eigenvalue weighted by atomic mass is 32.2. The summed E-state index contributed by atoms with van der Waals surface area (Å²) in [6, 6.07) is 0. The second kappa shape index (κ2) is 6.35. The summed E-state index contributed by atoms with van der Waals surface area (Å²) in [6.07, 6.45) is -5.68. The molecule has 0 aliphatic carbocycles. The lowest BCUT2D eigenvalue weighted by molar-refractivity contribution is -0.109. The molecule has 0 aliphatic rings. The van der Waals surface area contributed by atoms with Crippen molar-refractivity contribution in [1.82, 2.24) is 0 Å². The molecule has 0 spiro atoms. The monoisotopic (exact) mass is 246 g/mol. The Labute approximate surface area is 90.6 Å². The van der Waals surface area contributed by atoms with Crippen LogP contribution in [0.25, 0.3) is 0 Å². The van der Waals surface area contributed by atoms with E-state index in [9.17, 15) is 22.4 Å². The molecule has 2 atom stereocenters. The smallest absolute Gasteiger partial charge is 0.281 e. The summed E-state index contributed by atoms with van der Waals surface area (Å²) < 4.78 is 51.0. The molecule has 0 aromatic heterocycles. The third-order valence-corrected chi connectivity index (χ3v) is 2.53. The van der Waals surface area contributed by atoms with E-state index in [0.717, 1.165) is 18.7 Å². The number of carbonyl (C=O) groups excluding carboxylic acids is 1. The lowest BCUT2D eigenvalue weighted by atomic mass is 10.1. The molecule has 0 rings (SSSR count). The van der Waals surface area contributed by atoms with Gasteiger partial charge in [-0.1, -0.05) is 11.8 Å². The van der Waals surface area contributed by atoms with E-state index in [2.05, 4.69) is 0 Å². The standard InChI is InChI=1S/C9H14F4OS/c1-6(10)5-9(12,13)8(11)3-4-15-7(2)14/h6,8H,3-5H2,1-2H3. The van der Waals surface area contributed by atoms with Crippen molar-refractivity contribution in [2.24, 2.45) is 0 Å². The van der Waals surface area contributed by atoms with E-state index in [1.807, 2.05) is 0 Å². The van der Waals surface area contributed by atoms with Gasteiger partial charge in [0.15, 0.2) is 11.3 Å². The number of carbonyl (C=O) groups is 1. The zero-order valence-electron chi connectivity index (χ0n) is 8.60. The van der Waals surface area contributed by atoms with E-state index in [1.54, 1.807) is 0 Å². The van der Waals surface area contributed by atoms with Crippen LogP contribution >= 0.6 is 11.8 Å². The summed E-state index contributed by atoms with van der Waals surface area (Å²) in [4.78, 5) is 10.4. The molecule has 0 saturated heterocycles. The highest BCUT2D eigenvalue weighted by Gasteiger charge is 2.40. The van der Waals surface area contributed by atoms with Gasteiger partial charge in [-0.2, -0.15) is 0 Å². The van der Waals surface area contributed by atoms with Crippen LogP contribution in [-0.2, 0) is 4.79 Å². The van der Waals surface area contributed by atoms with Gasteiger partial charge in [-0.15, -0.1) is 0 Å². The van der Waals surface area contributed by atoms with Crippen molar-refractivity contribution in [3.63, 3.8) is 0 Å². The van der Waals surface area contributed by atoms with Crippen molar-refractivity contribution in [1.29, 1.82) is 0 Å². The van der Waals surface area contributed by atoms with Crippen LogP contribution in [-0.4, -0.2) is 29.1 Å². The minimum Gasteiger partial charge on any atom is -0.288 e. The first-order valence-corrected chi connectivity index (χ1v) is 5.53. The molecular formula is C9H14F4OS. The Morgan fingerprint density at radius 3 is 2.33 bits per heavy atom. The van der Waals surface area contributed by atoms with E-state index in [1.165, 1.54) is 6.92 Å². The van der Waals surface area contributed by atoms with Crippen LogP contribution in [0.4, 0.5) is 17.6 Å². The van der Waals surface area contributed by atoms with E-state index >= 15 is 0 Å². The fourth-order valence-corrected chi connectivity index (χ4v) is 1.63. The Bertz CT molecular complexity index is 208. The van der Waals surface area contributed by atoms with Gasteiger partial charge in [-0.05, 0) is 13.3 Å². The molecule has 0 N–H and O–H groups in total. The quantitative estimate of drug-likeness (QED) is 0.668. The Hall–Kier alpha value is -0.260. The number of halogens is 4. The molecule has 15 heavy (non-hydrogen) atoms. The molecule has 6 heteroatoms. The van der Waals surface area contributed by atoms with Crippen molar-refractivity contribution in [3.8, 4) is 0 Å². The predicted octanol–water partition coefficient (Wildman–Crippen LogP) is 3.38. The Morgan fingerprint density at radius 2 is 1.93 bits per heavy atom. The normalized spacial score (nSPS) is 16.1. The Balaban J connectivity index is 3.95. The average molecular weight is 246 g/mol. The van der Waals surface area contributed by atoms with Crippen LogP contribution in [0.1, 0.15) is 26.7 Å². The second-order valence-corrected chi connectivity index (χ2v) is 4.61. The zero-order valence-corrected chi connectivity index (χ0v) is 9.42. The first-order chi connectivity index (χ1) is 6.75. The Kier molecular flexibility index (Phi) is 6.24. The fraction of sp³-hybridized carbons (Fsp3) is 0.889. The van der Waals surface area contributed by atoms with Gasteiger partial charge in [-0.3, -0.25) is 4.79 Å². The van der Waals surface area contributed by atoms with Gasteiger partial charge in [0.05, 0.1) is 0 Å². The number of hydrogen-bond donors (Lipinski definition) is 0. The number of thioether (sulfide) groups is 1. The van der Waals surface area contributed by atoms with Gasteiger partial charge in [0.25, 0.3) is 5.92 Å². The predicted molar refractivity (Wildman–Crippen MR) is 52.8 cm³/mol. The van der Waals surface area contributed by atoms with Gasteiger partial charge in [0, 0.05) is 19.1 Å². The van der Waals surface area contributed by atoms with E-state index in [-0.39, 0.29) is 10.9 Å². The van der Waals surface area contributed by atoms with Gasteiger partial charge in [0.2, 0.25) is 0 Å². The van der Waals surface area contributed by atoms with Gasteiger partial charge < -0.3 is 0 Å². The van der Waals surface area contributed by atoms with Crippen LogP contribution in [0.3, 0.4) is 0 Å². The summed E-state index contributed by atoms with van der Waals surface area (Å²) >= 11 is 0.789. The van der Waals surface area contributed by atoms with E-state index in [4.69, 9.17) is 0 Å². The number of alkyl halides is 4. The van der Waals surface area contributed by atoms with Crippen LogP contribution in [0, 0.1) is 0 Å². The Morgan fingerprint density at radius 1 is 1.40 bits per heavy atom. The van der Waals surface area contributed by atoms with Gasteiger partial charge >= 0.3 is 0 Å². The molecular weight excluding hydrogens is 232 g/mol.